The average Bonchev–Trinajstić information content (AvgIpc) is 2.49. The summed E-state index contributed by atoms with van der Waals surface area (Å²) in [5.41, 5.74) is 4.14. The van der Waals surface area contributed by atoms with Crippen LogP contribution in [-0.4, -0.2) is 11.9 Å². The number of nitrogens with zero attached hydrogens (tertiary/aromatic N) is 1. The van der Waals surface area contributed by atoms with Crippen LogP contribution in [0.3, 0.4) is 0 Å². The number of hydrogen-bond acceptors (Lipinski definition) is 2. The summed E-state index contributed by atoms with van der Waals surface area (Å²) in [5, 5.41) is 0. The van der Waals surface area contributed by atoms with Gasteiger partial charge in [0.15, 0.2) is 0 Å². The Kier molecular flexibility index (Phi) is 5.40. The number of hydrazine groups is 1. The van der Waals surface area contributed by atoms with Crippen LogP contribution in [-0.2, 0) is 0 Å². The first-order chi connectivity index (χ1) is 9.35. The molecule has 0 aromatic heterocycles. The second-order valence-electron chi connectivity index (χ2n) is 5.32. The summed E-state index contributed by atoms with van der Waals surface area (Å²) in [6, 6.07) is 11.0. The van der Waals surface area contributed by atoms with Crippen LogP contribution in [0.2, 0.25) is 0 Å². The maximum atomic E-state index is 5.72. The third kappa shape index (κ3) is 3.80. The van der Waals surface area contributed by atoms with Crippen LogP contribution in [0.1, 0.15) is 56.9 Å². The van der Waals surface area contributed by atoms with Gasteiger partial charge in [-0.3, -0.25) is 4.99 Å². The zero-order valence-electron chi connectivity index (χ0n) is 11.8. The number of amidine groups is 1. The van der Waals surface area contributed by atoms with Crippen molar-refractivity contribution in [2.45, 2.75) is 57.4 Å². The van der Waals surface area contributed by atoms with Crippen molar-refractivity contribution in [3.05, 3.63) is 35.9 Å². The fourth-order valence-corrected chi connectivity index (χ4v) is 2.91. The van der Waals surface area contributed by atoms with Crippen LogP contribution in [0, 0.1) is 0 Å². The first-order valence-electron chi connectivity index (χ1n) is 7.44. The fourth-order valence-electron chi connectivity index (χ4n) is 2.91. The van der Waals surface area contributed by atoms with E-state index in [4.69, 9.17) is 10.8 Å². The van der Waals surface area contributed by atoms with Crippen LogP contribution in [0.15, 0.2) is 35.3 Å². The number of nitrogens with one attached hydrogen (secondary N) is 1. The van der Waals surface area contributed by atoms with E-state index < -0.39 is 0 Å². The lowest BCUT2D eigenvalue weighted by Gasteiger charge is -2.23. The zero-order valence-corrected chi connectivity index (χ0v) is 11.8. The Labute approximate surface area is 116 Å². The van der Waals surface area contributed by atoms with Crippen LogP contribution in [0.5, 0.6) is 0 Å². The van der Waals surface area contributed by atoms with Crippen molar-refractivity contribution in [3.8, 4) is 0 Å². The molecule has 0 bridgehead atoms. The van der Waals surface area contributed by atoms with Crippen molar-refractivity contribution < 1.29 is 0 Å². The second kappa shape index (κ2) is 7.29. The lowest BCUT2D eigenvalue weighted by Crippen LogP contribution is -2.36. The summed E-state index contributed by atoms with van der Waals surface area (Å²) in [6.45, 7) is 2.19. The van der Waals surface area contributed by atoms with Gasteiger partial charge in [0, 0.05) is 5.92 Å². The largest absolute Gasteiger partial charge is 0.312 e. The molecule has 3 heteroatoms. The van der Waals surface area contributed by atoms with Gasteiger partial charge in [-0.2, -0.15) is 0 Å². The number of benzene rings is 1. The van der Waals surface area contributed by atoms with Crippen molar-refractivity contribution in [1.82, 2.24) is 5.43 Å². The standard InChI is InChI=1S/C16H25N3/c1-2-15(13-9-5-3-6-10-13)16(19-17)18-14-11-7-4-8-12-14/h3,5-6,9-10,14-15H,2,4,7-8,11-12,17H2,1H3,(H,18,19). The summed E-state index contributed by atoms with van der Waals surface area (Å²) in [6.07, 6.45) is 7.38. The SMILES string of the molecule is CCC(C(=NC1CCCCC1)NN)c1ccccc1. The van der Waals surface area contributed by atoms with Gasteiger partial charge in [0.05, 0.1) is 6.04 Å². The van der Waals surface area contributed by atoms with E-state index in [1.807, 2.05) is 6.07 Å². The van der Waals surface area contributed by atoms with Gasteiger partial charge >= 0.3 is 0 Å². The number of hydrogen-bond donors (Lipinski definition) is 2. The summed E-state index contributed by atoms with van der Waals surface area (Å²) in [5.74, 6) is 6.95. The zero-order chi connectivity index (χ0) is 13.5. The van der Waals surface area contributed by atoms with Gasteiger partial charge in [-0.25, -0.2) is 5.84 Å². The molecule has 1 unspecified atom stereocenters. The molecule has 104 valence electrons. The smallest absolute Gasteiger partial charge is 0.118 e. The highest BCUT2D eigenvalue weighted by Gasteiger charge is 2.19. The van der Waals surface area contributed by atoms with Crippen LogP contribution < -0.4 is 11.3 Å². The third-order valence-corrected chi connectivity index (χ3v) is 3.98. The molecule has 1 fully saturated rings. The van der Waals surface area contributed by atoms with Gasteiger partial charge in [0.2, 0.25) is 0 Å². The first-order valence-corrected chi connectivity index (χ1v) is 7.44. The molecule has 0 amide bonds. The molecular formula is C16H25N3. The molecule has 1 aliphatic rings. The molecule has 1 aromatic carbocycles. The van der Waals surface area contributed by atoms with Crippen LogP contribution >= 0.6 is 0 Å². The predicted octanol–water partition coefficient (Wildman–Crippen LogP) is 3.37. The highest BCUT2D eigenvalue weighted by molar-refractivity contribution is 5.88. The van der Waals surface area contributed by atoms with Crippen LogP contribution in [0.4, 0.5) is 0 Å². The quantitative estimate of drug-likeness (QED) is 0.377. The average molecular weight is 259 g/mol. The highest BCUT2D eigenvalue weighted by Crippen LogP contribution is 2.24. The summed E-state index contributed by atoms with van der Waals surface area (Å²) < 4.78 is 0. The molecular weight excluding hydrogens is 234 g/mol. The Bertz CT molecular complexity index is 394. The topological polar surface area (TPSA) is 50.4 Å². The molecule has 1 aliphatic carbocycles. The molecule has 0 aliphatic heterocycles. The molecule has 19 heavy (non-hydrogen) atoms. The molecule has 1 atom stereocenters. The minimum absolute atomic E-state index is 0.285. The third-order valence-electron chi connectivity index (χ3n) is 3.98. The van der Waals surface area contributed by atoms with E-state index in [9.17, 15) is 0 Å². The lowest BCUT2D eigenvalue weighted by atomic mass is 9.93. The van der Waals surface area contributed by atoms with Crippen molar-refractivity contribution in [3.63, 3.8) is 0 Å². The summed E-state index contributed by atoms with van der Waals surface area (Å²) in [7, 11) is 0. The Hall–Kier alpha value is -1.35. The first kappa shape index (κ1) is 14.1. The van der Waals surface area contributed by atoms with Crippen molar-refractivity contribution in [2.75, 3.05) is 0 Å². The maximum absolute atomic E-state index is 5.72. The minimum Gasteiger partial charge on any atom is -0.312 e. The number of aliphatic imine (C=N–C) groups is 1. The van der Waals surface area contributed by atoms with E-state index in [0.717, 1.165) is 12.3 Å². The van der Waals surface area contributed by atoms with E-state index in [2.05, 4.69) is 36.6 Å². The molecule has 0 saturated heterocycles. The summed E-state index contributed by atoms with van der Waals surface area (Å²) in [4.78, 5) is 4.88. The molecule has 3 N–H and O–H groups in total. The maximum Gasteiger partial charge on any atom is 0.118 e. The number of rotatable bonds is 4. The Morgan fingerprint density at radius 2 is 1.95 bits per heavy atom. The van der Waals surface area contributed by atoms with Crippen molar-refractivity contribution >= 4 is 5.84 Å². The lowest BCUT2D eigenvalue weighted by molar-refractivity contribution is 0.441. The van der Waals surface area contributed by atoms with Gasteiger partial charge in [0.1, 0.15) is 5.84 Å². The van der Waals surface area contributed by atoms with Crippen LogP contribution in [0.25, 0.3) is 0 Å². The van der Waals surface area contributed by atoms with Gasteiger partial charge < -0.3 is 5.43 Å². The van der Waals surface area contributed by atoms with Gasteiger partial charge in [-0.15, -0.1) is 0 Å². The molecule has 2 rings (SSSR count). The normalized spacial score (nSPS) is 19.2. The molecule has 1 aromatic rings. The van der Waals surface area contributed by atoms with E-state index >= 15 is 0 Å². The summed E-state index contributed by atoms with van der Waals surface area (Å²) >= 11 is 0. The number of nitrogens with two attached hydrogens (primary N) is 1. The van der Waals surface area contributed by atoms with E-state index in [-0.39, 0.29) is 5.92 Å². The molecule has 1 saturated carbocycles. The van der Waals surface area contributed by atoms with Gasteiger partial charge in [-0.1, -0.05) is 56.5 Å². The van der Waals surface area contributed by atoms with E-state index in [1.165, 1.54) is 37.7 Å². The Balaban J connectivity index is 2.16. The Morgan fingerprint density at radius 3 is 2.53 bits per heavy atom. The molecule has 0 spiro atoms. The molecule has 0 heterocycles. The van der Waals surface area contributed by atoms with Gasteiger partial charge in [-0.05, 0) is 24.8 Å². The van der Waals surface area contributed by atoms with Crippen molar-refractivity contribution in [1.29, 1.82) is 0 Å². The fraction of sp³-hybridized carbons (Fsp3) is 0.562. The minimum atomic E-state index is 0.285. The Morgan fingerprint density at radius 1 is 1.26 bits per heavy atom. The monoisotopic (exact) mass is 259 g/mol. The van der Waals surface area contributed by atoms with E-state index in [1.54, 1.807) is 0 Å². The van der Waals surface area contributed by atoms with Gasteiger partial charge in [0.25, 0.3) is 0 Å². The van der Waals surface area contributed by atoms with E-state index in [0.29, 0.717) is 6.04 Å². The highest BCUT2D eigenvalue weighted by atomic mass is 15.3. The predicted molar refractivity (Wildman–Crippen MR) is 81.1 cm³/mol. The van der Waals surface area contributed by atoms with Crippen molar-refractivity contribution in [2.24, 2.45) is 10.8 Å². The molecule has 3 nitrogen and oxygen atoms in total. The second-order valence-corrected chi connectivity index (χ2v) is 5.32. The molecule has 0 radical (unpaired) electrons.